The van der Waals surface area contributed by atoms with Gasteiger partial charge in [-0.1, -0.05) is 17.7 Å². The Balaban J connectivity index is 2.00. The SMILES string of the molecule is CCNC(=NC)NCc1coc(-c2ccc(C)cc2)n1. The molecule has 0 saturated carbocycles. The lowest BCUT2D eigenvalue weighted by molar-refractivity contribution is 0.572. The van der Waals surface area contributed by atoms with Gasteiger partial charge in [0, 0.05) is 19.2 Å². The molecule has 1 aromatic heterocycles. The summed E-state index contributed by atoms with van der Waals surface area (Å²) >= 11 is 0. The van der Waals surface area contributed by atoms with Gasteiger partial charge in [0.15, 0.2) is 5.96 Å². The molecule has 5 nitrogen and oxygen atoms in total. The van der Waals surface area contributed by atoms with Gasteiger partial charge < -0.3 is 15.1 Å². The molecule has 0 amide bonds. The van der Waals surface area contributed by atoms with Crippen LogP contribution in [-0.2, 0) is 6.54 Å². The lowest BCUT2D eigenvalue weighted by Gasteiger charge is -2.07. The summed E-state index contributed by atoms with van der Waals surface area (Å²) in [6.07, 6.45) is 1.67. The summed E-state index contributed by atoms with van der Waals surface area (Å²) in [7, 11) is 1.74. The highest BCUT2D eigenvalue weighted by Gasteiger charge is 2.06. The summed E-state index contributed by atoms with van der Waals surface area (Å²) in [5.74, 6) is 1.40. The predicted octanol–water partition coefficient (Wildman–Crippen LogP) is 2.33. The Morgan fingerprint density at radius 1 is 1.25 bits per heavy atom. The van der Waals surface area contributed by atoms with Crippen LogP contribution in [0.15, 0.2) is 39.9 Å². The molecule has 0 unspecified atom stereocenters. The monoisotopic (exact) mass is 272 g/mol. The largest absolute Gasteiger partial charge is 0.444 e. The highest BCUT2D eigenvalue weighted by atomic mass is 16.3. The average molecular weight is 272 g/mol. The average Bonchev–Trinajstić information content (AvgIpc) is 2.93. The molecule has 0 radical (unpaired) electrons. The van der Waals surface area contributed by atoms with Gasteiger partial charge in [-0.3, -0.25) is 4.99 Å². The van der Waals surface area contributed by atoms with Gasteiger partial charge in [-0.2, -0.15) is 0 Å². The van der Waals surface area contributed by atoms with Crippen molar-refractivity contribution in [2.24, 2.45) is 4.99 Å². The van der Waals surface area contributed by atoms with Gasteiger partial charge in [0.2, 0.25) is 5.89 Å². The molecular weight excluding hydrogens is 252 g/mol. The van der Waals surface area contributed by atoms with Crippen molar-refractivity contribution in [3.8, 4) is 11.5 Å². The third kappa shape index (κ3) is 3.60. The van der Waals surface area contributed by atoms with Crippen LogP contribution in [0.1, 0.15) is 18.2 Å². The molecular formula is C15H20N4O. The van der Waals surface area contributed by atoms with Gasteiger partial charge >= 0.3 is 0 Å². The van der Waals surface area contributed by atoms with Crippen LogP contribution in [0.2, 0.25) is 0 Å². The van der Waals surface area contributed by atoms with Crippen LogP contribution in [0, 0.1) is 6.92 Å². The molecule has 2 N–H and O–H groups in total. The van der Waals surface area contributed by atoms with Crippen molar-refractivity contribution in [2.75, 3.05) is 13.6 Å². The summed E-state index contributed by atoms with van der Waals surface area (Å²) in [4.78, 5) is 8.57. The van der Waals surface area contributed by atoms with E-state index in [9.17, 15) is 0 Å². The number of hydrogen-bond acceptors (Lipinski definition) is 3. The number of hydrogen-bond donors (Lipinski definition) is 2. The number of nitrogens with zero attached hydrogens (tertiary/aromatic N) is 2. The Morgan fingerprint density at radius 2 is 2.00 bits per heavy atom. The van der Waals surface area contributed by atoms with Gasteiger partial charge in [-0.15, -0.1) is 0 Å². The summed E-state index contributed by atoms with van der Waals surface area (Å²) < 4.78 is 5.51. The number of nitrogens with one attached hydrogen (secondary N) is 2. The van der Waals surface area contributed by atoms with Gasteiger partial charge in [0.1, 0.15) is 6.26 Å². The topological polar surface area (TPSA) is 62.5 Å². The molecule has 0 aliphatic heterocycles. The number of benzene rings is 1. The highest BCUT2D eigenvalue weighted by Crippen LogP contribution is 2.18. The number of aryl methyl sites for hydroxylation is 1. The Morgan fingerprint density at radius 3 is 2.65 bits per heavy atom. The molecule has 0 aliphatic rings. The fraction of sp³-hybridized carbons (Fsp3) is 0.333. The Labute approximate surface area is 119 Å². The molecule has 1 aromatic carbocycles. The van der Waals surface area contributed by atoms with E-state index < -0.39 is 0 Å². The third-order valence-electron chi connectivity index (χ3n) is 2.86. The van der Waals surface area contributed by atoms with Crippen molar-refractivity contribution in [3.63, 3.8) is 0 Å². The van der Waals surface area contributed by atoms with Crippen LogP contribution in [0.5, 0.6) is 0 Å². The standard InChI is InChI=1S/C15H20N4O/c1-4-17-15(16-3)18-9-13-10-20-14(19-13)12-7-5-11(2)6-8-12/h5-8,10H,4,9H2,1-3H3,(H2,16,17,18). The van der Waals surface area contributed by atoms with Gasteiger partial charge in [0.25, 0.3) is 0 Å². The minimum Gasteiger partial charge on any atom is -0.444 e. The van der Waals surface area contributed by atoms with E-state index >= 15 is 0 Å². The van der Waals surface area contributed by atoms with E-state index in [2.05, 4.69) is 27.5 Å². The Hall–Kier alpha value is -2.30. The first-order valence-corrected chi connectivity index (χ1v) is 6.69. The van der Waals surface area contributed by atoms with Crippen molar-refractivity contribution in [3.05, 3.63) is 41.8 Å². The minimum absolute atomic E-state index is 0.578. The van der Waals surface area contributed by atoms with Crippen LogP contribution in [0.4, 0.5) is 0 Å². The molecule has 2 aromatic rings. The normalized spacial score (nSPS) is 11.4. The fourth-order valence-corrected chi connectivity index (χ4v) is 1.78. The number of oxazole rings is 1. The van der Waals surface area contributed by atoms with Gasteiger partial charge in [-0.25, -0.2) is 4.98 Å². The Bertz CT molecular complexity index is 572. The second kappa shape index (κ2) is 6.75. The molecule has 5 heteroatoms. The molecule has 20 heavy (non-hydrogen) atoms. The summed E-state index contributed by atoms with van der Waals surface area (Å²) in [6.45, 7) is 5.49. The number of aromatic nitrogens is 1. The second-order valence-electron chi connectivity index (χ2n) is 4.47. The first-order chi connectivity index (χ1) is 9.72. The summed E-state index contributed by atoms with van der Waals surface area (Å²) in [6, 6.07) is 8.11. The van der Waals surface area contributed by atoms with E-state index in [-0.39, 0.29) is 0 Å². The van der Waals surface area contributed by atoms with Crippen molar-refractivity contribution < 1.29 is 4.42 Å². The van der Waals surface area contributed by atoms with E-state index in [1.807, 2.05) is 31.2 Å². The van der Waals surface area contributed by atoms with Crippen LogP contribution in [0.3, 0.4) is 0 Å². The second-order valence-corrected chi connectivity index (χ2v) is 4.47. The minimum atomic E-state index is 0.578. The molecule has 0 bridgehead atoms. The number of aliphatic imine (C=N–C) groups is 1. The van der Waals surface area contributed by atoms with Crippen molar-refractivity contribution in [1.29, 1.82) is 0 Å². The van der Waals surface area contributed by atoms with E-state index in [0.29, 0.717) is 12.4 Å². The molecule has 0 fully saturated rings. The molecule has 0 saturated heterocycles. The lowest BCUT2D eigenvalue weighted by Crippen LogP contribution is -2.36. The van der Waals surface area contributed by atoms with E-state index in [4.69, 9.17) is 4.42 Å². The molecule has 106 valence electrons. The van der Waals surface area contributed by atoms with Crippen molar-refractivity contribution in [2.45, 2.75) is 20.4 Å². The maximum Gasteiger partial charge on any atom is 0.226 e. The first-order valence-electron chi connectivity index (χ1n) is 6.69. The molecule has 0 spiro atoms. The lowest BCUT2D eigenvalue weighted by atomic mass is 10.1. The van der Waals surface area contributed by atoms with E-state index in [1.54, 1.807) is 13.3 Å². The van der Waals surface area contributed by atoms with Gasteiger partial charge in [-0.05, 0) is 26.0 Å². The van der Waals surface area contributed by atoms with Crippen molar-refractivity contribution >= 4 is 5.96 Å². The summed E-state index contributed by atoms with van der Waals surface area (Å²) in [5.41, 5.74) is 3.05. The zero-order chi connectivity index (χ0) is 14.4. The van der Waals surface area contributed by atoms with Crippen LogP contribution >= 0.6 is 0 Å². The van der Waals surface area contributed by atoms with Crippen molar-refractivity contribution in [1.82, 2.24) is 15.6 Å². The van der Waals surface area contributed by atoms with Crippen LogP contribution in [-0.4, -0.2) is 24.5 Å². The smallest absolute Gasteiger partial charge is 0.226 e. The number of rotatable bonds is 4. The predicted molar refractivity (Wildman–Crippen MR) is 80.6 cm³/mol. The zero-order valence-corrected chi connectivity index (χ0v) is 12.1. The maximum atomic E-state index is 5.51. The first kappa shape index (κ1) is 14.1. The molecule has 1 heterocycles. The Kier molecular flexibility index (Phi) is 4.76. The fourth-order valence-electron chi connectivity index (χ4n) is 1.78. The van der Waals surface area contributed by atoms with E-state index in [0.717, 1.165) is 23.8 Å². The quantitative estimate of drug-likeness (QED) is 0.662. The maximum absolute atomic E-state index is 5.51. The van der Waals surface area contributed by atoms with E-state index in [1.165, 1.54) is 5.56 Å². The highest BCUT2D eigenvalue weighted by molar-refractivity contribution is 5.79. The third-order valence-corrected chi connectivity index (χ3v) is 2.86. The molecule has 2 rings (SSSR count). The molecule has 0 aliphatic carbocycles. The molecule has 0 atom stereocenters. The van der Waals surface area contributed by atoms with Crippen LogP contribution in [0.25, 0.3) is 11.5 Å². The summed E-state index contributed by atoms with van der Waals surface area (Å²) in [5, 5.41) is 6.30. The number of guanidine groups is 1. The zero-order valence-electron chi connectivity index (χ0n) is 12.1. The van der Waals surface area contributed by atoms with Crippen LogP contribution < -0.4 is 10.6 Å². The van der Waals surface area contributed by atoms with Gasteiger partial charge in [0.05, 0.1) is 12.2 Å².